The predicted octanol–water partition coefficient (Wildman–Crippen LogP) is 4.65. The SMILES string of the molecule is CCc1c(-c2ccc(C3CCCCC3)cc2)noc1C(=O)O. The van der Waals surface area contributed by atoms with Gasteiger partial charge in [0.05, 0.1) is 0 Å². The molecule has 0 bridgehead atoms. The maximum absolute atomic E-state index is 11.2. The average Bonchev–Trinajstić information content (AvgIpc) is 3.00. The van der Waals surface area contributed by atoms with Crippen molar-refractivity contribution in [3.05, 3.63) is 41.2 Å². The summed E-state index contributed by atoms with van der Waals surface area (Å²) in [6, 6.07) is 8.37. The standard InChI is InChI=1S/C18H21NO3/c1-2-15-16(19-22-17(15)18(20)21)14-10-8-13(9-11-14)12-6-4-3-5-7-12/h8-12H,2-7H2,1H3,(H,20,21). The number of carbonyl (C=O) groups is 1. The van der Waals surface area contributed by atoms with E-state index in [0.717, 1.165) is 5.56 Å². The molecule has 0 spiro atoms. The van der Waals surface area contributed by atoms with Crippen LogP contribution in [0.1, 0.15) is 66.6 Å². The number of rotatable bonds is 4. The molecule has 0 amide bonds. The van der Waals surface area contributed by atoms with E-state index in [1.54, 1.807) is 0 Å². The van der Waals surface area contributed by atoms with Crippen molar-refractivity contribution in [1.82, 2.24) is 5.16 Å². The maximum atomic E-state index is 11.2. The van der Waals surface area contributed by atoms with Gasteiger partial charge in [-0.05, 0) is 30.7 Å². The van der Waals surface area contributed by atoms with Crippen molar-refractivity contribution in [2.24, 2.45) is 0 Å². The predicted molar refractivity (Wildman–Crippen MR) is 84.1 cm³/mol. The summed E-state index contributed by atoms with van der Waals surface area (Å²) in [6.45, 7) is 1.92. The van der Waals surface area contributed by atoms with E-state index in [0.29, 0.717) is 23.6 Å². The molecule has 3 rings (SSSR count). The fourth-order valence-electron chi connectivity index (χ4n) is 3.38. The molecule has 1 aromatic carbocycles. The Morgan fingerprint density at radius 3 is 2.50 bits per heavy atom. The van der Waals surface area contributed by atoms with Crippen molar-refractivity contribution >= 4 is 5.97 Å². The molecule has 0 unspecified atom stereocenters. The highest BCUT2D eigenvalue weighted by atomic mass is 16.5. The molecule has 1 N–H and O–H groups in total. The third kappa shape index (κ3) is 2.78. The number of hydrogen-bond donors (Lipinski definition) is 1. The summed E-state index contributed by atoms with van der Waals surface area (Å²) in [5, 5.41) is 13.1. The molecule has 1 fully saturated rings. The molecule has 0 radical (unpaired) electrons. The Bertz CT molecular complexity index is 651. The molecule has 4 heteroatoms. The van der Waals surface area contributed by atoms with E-state index in [4.69, 9.17) is 9.63 Å². The summed E-state index contributed by atoms with van der Waals surface area (Å²) < 4.78 is 5.00. The van der Waals surface area contributed by atoms with Crippen LogP contribution in [0.2, 0.25) is 0 Å². The van der Waals surface area contributed by atoms with E-state index in [9.17, 15) is 4.79 Å². The highest BCUT2D eigenvalue weighted by molar-refractivity contribution is 5.88. The quantitative estimate of drug-likeness (QED) is 0.892. The molecule has 1 aliphatic carbocycles. The van der Waals surface area contributed by atoms with Gasteiger partial charge in [0, 0.05) is 11.1 Å². The van der Waals surface area contributed by atoms with Gasteiger partial charge >= 0.3 is 5.97 Å². The fraction of sp³-hybridized carbons (Fsp3) is 0.444. The Balaban J connectivity index is 1.88. The van der Waals surface area contributed by atoms with E-state index in [2.05, 4.69) is 17.3 Å². The number of carboxylic acid groups (broad SMARTS) is 1. The number of aromatic carboxylic acids is 1. The summed E-state index contributed by atoms with van der Waals surface area (Å²) in [5.41, 5.74) is 3.61. The summed E-state index contributed by atoms with van der Waals surface area (Å²) in [7, 11) is 0. The minimum atomic E-state index is -1.06. The van der Waals surface area contributed by atoms with Crippen molar-refractivity contribution in [2.75, 3.05) is 0 Å². The monoisotopic (exact) mass is 299 g/mol. The molecule has 1 aliphatic rings. The van der Waals surface area contributed by atoms with E-state index in [1.165, 1.54) is 37.7 Å². The average molecular weight is 299 g/mol. The van der Waals surface area contributed by atoms with Crippen LogP contribution < -0.4 is 0 Å². The Labute approximate surface area is 130 Å². The van der Waals surface area contributed by atoms with Crippen LogP contribution in [0.25, 0.3) is 11.3 Å². The van der Waals surface area contributed by atoms with Gasteiger partial charge in [-0.1, -0.05) is 55.6 Å². The number of benzene rings is 1. The van der Waals surface area contributed by atoms with Gasteiger partial charge < -0.3 is 9.63 Å². The van der Waals surface area contributed by atoms with E-state index in [-0.39, 0.29) is 5.76 Å². The molecule has 22 heavy (non-hydrogen) atoms. The van der Waals surface area contributed by atoms with Crippen molar-refractivity contribution in [2.45, 2.75) is 51.4 Å². The largest absolute Gasteiger partial charge is 0.475 e. The van der Waals surface area contributed by atoms with Crippen LogP contribution in [0.3, 0.4) is 0 Å². The van der Waals surface area contributed by atoms with Crippen molar-refractivity contribution in [3.8, 4) is 11.3 Å². The van der Waals surface area contributed by atoms with Gasteiger partial charge in [0.25, 0.3) is 0 Å². The molecule has 1 aromatic heterocycles. The first-order valence-corrected chi connectivity index (χ1v) is 8.03. The van der Waals surface area contributed by atoms with Gasteiger partial charge in [-0.25, -0.2) is 4.79 Å². The first-order chi connectivity index (χ1) is 10.7. The van der Waals surface area contributed by atoms with Gasteiger partial charge in [0.15, 0.2) is 0 Å². The lowest BCUT2D eigenvalue weighted by Crippen LogP contribution is -2.04. The highest BCUT2D eigenvalue weighted by Gasteiger charge is 2.21. The first kappa shape index (κ1) is 14.8. The van der Waals surface area contributed by atoms with Crippen molar-refractivity contribution in [3.63, 3.8) is 0 Å². The first-order valence-electron chi connectivity index (χ1n) is 8.03. The maximum Gasteiger partial charge on any atom is 0.375 e. The summed E-state index contributed by atoms with van der Waals surface area (Å²) in [6.07, 6.45) is 7.12. The second kappa shape index (κ2) is 6.34. The number of carboxylic acids is 1. The molecule has 0 aliphatic heterocycles. The Morgan fingerprint density at radius 1 is 1.23 bits per heavy atom. The van der Waals surface area contributed by atoms with Gasteiger partial charge in [0.2, 0.25) is 5.76 Å². The zero-order valence-electron chi connectivity index (χ0n) is 12.8. The van der Waals surface area contributed by atoms with Crippen LogP contribution in [-0.2, 0) is 6.42 Å². The number of nitrogens with zero attached hydrogens (tertiary/aromatic N) is 1. The second-order valence-electron chi connectivity index (χ2n) is 5.95. The van der Waals surface area contributed by atoms with E-state index >= 15 is 0 Å². The third-order valence-corrected chi connectivity index (χ3v) is 4.60. The molecule has 2 aromatic rings. The van der Waals surface area contributed by atoms with Crippen molar-refractivity contribution < 1.29 is 14.4 Å². The van der Waals surface area contributed by atoms with E-state index in [1.807, 2.05) is 19.1 Å². The molecule has 0 atom stereocenters. The summed E-state index contributed by atoms with van der Waals surface area (Å²) in [5.74, 6) is -0.441. The normalized spacial score (nSPS) is 15.9. The second-order valence-corrected chi connectivity index (χ2v) is 5.95. The molecule has 1 saturated carbocycles. The minimum absolute atomic E-state index is 0.0474. The topological polar surface area (TPSA) is 63.3 Å². The number of hydrogen-bond acceptors (Lipinski definition) is 3. The number of aromatic nitrogens is 1. The van der Waals surface area contributed by atoms with Crippen LogP contribution in [0, 0.1) is 0 Å². The Hall–Kier alpha value is -2.10. The van der Waals surface area contributed by atoms with Gasteiger partial charge in [-0.15, -0.1) is 0 Å². The smallest absolute Gasteiger partial charge is 0.375 e. The molecular weight excluding hydrogens is 278 g/mol. The van der Waals surface area contributed by atoms with E-state index < -0.39 is 5.97 Å². The van der Waals surface area contributed by atoms with Crippen LogP contribution in [0.15, 0.2) is 28.8 Å². The molecule has 1 heterocycles. The lowest BCUT2D eigenvalue weighted by atomic mass is 9.84. The van der Waals surface area contributed by atoms with Crippen LogP contribution in [0.4, 0.5) is 0 Å². The third-order valence-electron chi connectivity index (χ3n) is 4.60. The molecule has 4 nitrogen and oxygen atoms in total. The summed E-state index contributed by atoms with van der Waals surface area (Å²) >= 11 is 0. The molecular formula is C18H21NO3. The minimum Gasteiger partial charge on any atom is -0.475 e. The lowest BCUT2D eigenvalue weighted by molar-refractivity contribution is 0.0650. The zero-order valence-corrected chi connectivity index (χ0v) is 12.8. The van der Waals surface area contributed by atoms with Gasteiger partial charge in [-0.2, -0.15) is 0 Å². The van der Waals surface area contributed by atoms with Crippen LogP contribution >= 0.6 is 0 Å². The van der Waals surface area contributed by atoms with Gasteiger partial charge in [-0.3, -0.25) is 0 Å². The zero-order chi connectivity index (χ0) is 15.5. The highest BCUT2D eigenvalue weighted by Crippen LogP contribution is 2.34. The fourth-order valence-corrected chi connectivity index (χ4v) is 3.38. The van der Waals surface area contributed by atoms with Crippen LogP contribution in [0.5, 0.6) is 0 Å². The van der Waals surface area contributed by atoms with Crippen LogP contribution in [-0.4, -0.2) is 16.2 Å². The molecule has 116 valence electrons. The van der Waals surface area contributed by atoms with Crippen molar-refractivity contribution in [1.29, 1.82) is 0 Å². The Morgan fingerprint density at radius 2 is 1.91 bits per heavy atom. The van der Waals surface area contributed by atoms with Gasteiger partial charge in [0.1, 0.15) is 5.69 Å². The Kier molecular flexibility index (Phi) is 4.27. The molecule has 0 saturated heterocycles. The lowest BCUT2D eigenvalue weighted by Gasteiger charge is -2.22. The summed E-state index contributed by atoms with van der Waals surface area (Å²) in [4.78, 5) is 11.2.